The number of piperazine rings is 1. The Morgan fingerprint density at radius 3 is 2.63 bits per heavy atom. The average molecular weight is 273 g/mol. The smallest absolute Gasteiger partial charge is 0.254 e. The summed E-state index contributed by atoms with van der Waals surface area (Å²) in [4.78, 5) is 20.7. The lowest BCUT2D eigenvalue weighted by Gasteiger charge is -2.35. The molecular weight excluding hydrogens is 258 g/mol. The van der Waals surface area contributed by atoms with Crippen molar-refractivity contribution < 1.29 is 4.79 Å². The van der Waals surface area contributed by atoms with Crippen LogP contribution in [0.2, 0.25) is 0 Å². The van der Waals surface area contributed by atoms with Crippen LogP contribution in [0.1, 0.15) is 10.4 Å². The molecule has 0 aromatic carbocycles. The van der Waals surface area contributed by atoms with Crippen molar-refractivity contribution in [1.29, 1.82) is 0 Å². The fraction of sp³-hybridized carbons (Fsp3) is 0.286. The van der Waals surface area contributed by atoms with Gasteiger partial charge in [0, 0.05) is 37.8 Å². The van der Waals surface area contributed by atoms with E-state index in [1.807, 2.05) is 39.9 Å². The highest BCUT2D eigenvalue weighted by Crippen LogP contribution is 2.15. The number of hydrogen-bond acceptors (Lipinski definition) is 4. The molecule has 3 rings (SSSR count). The number of rotatable bonds is 2. The summed E-state index contributed by atoms with van der Waals surface area (Å²) >= 11 is 1.56. The summed E-state index contributed by atoms with van der Waals surface area (Å²) in [5.41, 5.74) is 0.802. The zero-order chi connectivity index (χ0) is 13.1. The molecule has 5 heteroatoms. The molecule has 0 saturated carbocycles. The van der Waals surface area contributed by atoms with Crippen LogP contribution in [0, 0.1) is 0 Å². The van der Waals surface area contributed by atoms with E-state index in [-0.39, 0.29) is 5.91 Å². The topological polar surface area (TPSA) is 36.4 Å². The largest absolute Gasteiger partial charge is 0.353 e. The monoisotopic (exact) mass is 273 g/mol. The molecule has 1 aliphatic heterocycles. The molecule has 1 fully saturated rings. The van der Waals surface area contributed by atoms with Crippen LogP contribution < -0.4 is 4.90 Å². The van der Waals surface area contributed by atoms with Crippen molar-refractivity contribution in [3.8, 4) is 0 Å². The van der Waals surface area contributed by atoms with E-state index in [2.05, 4.69) is 9.88 Å². The third kappa shape index (κ3) is 2.61. The fourth-order valence-electron chi connectivity index (χ4n) is 2.25. The van der Waals surface area contributed by atoms with Gasteiger partial charge in [-0.25, -0.2) is 4.98 Å². The summed E-state index contributed by atoms with van der Waals surface area (Å²) < 4.78 is 0. The van der Waals surface area contributed by atoms with E-state index in [0.29, 0.717) is 0 Å². The Hall–Kier alpha value is -1.88. The molecule has 1 saturated heterocycles. The van der Waals surface area contributed by atoms with E-state index in [9.17, 15) is 4.79 Å². The van der Waals surface area contributed by atoms with Crippen molar-refractivity contribution in [2.24, 2.45) is 0 Å². The molecule has 0 aliphatic carbocycles. The lowest BCUT2D eigenvalue weighted by Crippen LogP contribution is -2.49. The first kappa shape index (κ1) is 12.2. The number of nitrogens with zero attached hydrogens (tertiary/aromatic N) is 3. The third-order valence-electron chi connectivity index (χ3n) is 3.31. The second-order valence-corrected chi connectivity index (χ2v) is 5.26. The predicted octanol–water partition coefficient (Wildman–Crippen LogP) is 2.11. The van der Waals surface area contributed by atoms with Gasteiger partial charge in [0.25, 0.3) is 5.91 Å². The van der Waals surface area contributed by atoms with Crippen molar-refractivity contribution in [1.82, 2.24) is 9.88 Å². The van der Waals surface area contributed by atoms with Gasteiger partial charge in [0.05, 0.1) is 5.56 Å². The van der Waals surface area contributed by atoms with Gasteiger partial charge in [-0.2, -0.15) is 11.3 Å². The van der Waals surface area contributed by atoms with Gasteiger partial charge < -0.3 is 9.80 Å². The summed E-state index contributed by atoms with van der Waals surface area (Å²) in [6.45, 7) is 3.19. The van der Waals surface area contributed by atoms with Crippen LogP contribution in [-0.4, -0.2) is 42.0 Å². The van der Waals surface area contributed by atoms with E-state index in [1.165, 1.54) is 0 Å². The maximum Gasteiger partial charge on any atom is 0.254 e. The second kappa shape index (κ2) is 5.40. The highest BCUT2D eigenvalue weighted by molar-refractivity contribution is 7.08. The summed E-state index contributed by atoms with van der Waals surface area (Å²) in [7, 11) is 0. The molecule has 0 bridgehead atoms. The first-order valence-electron chi connectivity index (χ1n) is 6.32. The molecule has 98 valence electrons. The number of anilines is 1. The maximum atomic E-state index is 12.2. The maximum absolute atomic E-state index is 12.2. The Bertz CT molecular complexity index is 533. The van der Waals surface area contributed by atoms with Crippen LogP contribution in [-0.2, 0) is 0 Å². The molecule has 4 nitrogen and oxygen atoms in total. The van der Waals surface area contributed by atoms with Crippen molar-refractivity contribution in [3.05, 3.63) is 46.8 Å². The van der Waals surface area contributed by atoms with Crippen LogP contribution in [0.4, 0.5) is 5.82 Å². The first-order chi connectivity index (χ1) is 9.34. The van der Waals surface area contributed by atoms with Crippen LogP contribution >= 0.6 is 11.3 Å². The summed E-state index contributed by atoms with van der Waals surface area (Å²) in [6, 6.07) is 7.81. The van der Waals surface area contributed by atoms with E-state index >= 15 is 0 Å². The number of thiophene rings is 1. The van der Waals surface area contributed by atoms with E-state index in [4.69, 9.17) is 0 Å². The van der Waals surface area contributed by atoms with Crippen LogP contribution in [0.25, 0.3) is 0 Å². The van der Waals surface area contributed by atoms with Gasteiger partial charge in [0.2, 0.25) is 0 Å². The standard InChI is InChI=1S/C14H15N3OS/c18-14(12-4-10-19-11-12)17-8-6-16(7-9-17)13-3-1-2-5-15-13/h1-5,10-11H,6-9H2. The Labute approximate surface area is 116 Å². The SMILES string of the molecule is O=C(c1ccsc1)N1CCN(c2ccccn2)CC1. The Morgan fingerprint density at radius 2 is 2.00 bits per heavy atom. The molecule has 0 atom stereocenters. The predicted molar refractivity (Wildman–Crippen MR) is 76.7 cm³/mol. The van der Waals surface area contributed by atoms with Gasteiger partial charge in [-0.3, -0.25) is 4.79 Å². The van der Waals surface area contributed by atoms with E-state index < -0.39 is 0 Å². The van der Waals surface area contributed by atoms with Crippen LogP contribution in [0.3, 0.4) is 0 Å². The average Bonchev–Trinajstić information content (AvgIpc) is 3.02. The Balaban J connectivity index is 1.62. The minimum Gasteiger partial charge on any atom is -0.353 e. The number of hydrogen-bond donors (Lipinski definition) is 0. The van der Waals surface area contributed by atoms with Gasteiger partial charge in [0.1, 0.15) is 5.82 Å². The summed E-state index contributed by atoms with van der Waals surface area (Å²) in [5.74, 6) is 1.13. The highest BCUT2D eigenvalue weighted by Gasteiger charge is 2.22. The lowest BCUT2D eigenvalue weighted by atomic mass is 10.2. The molecule has 2 aromatic heterocycles. The normalized spacial score (nSPS) is 15.6. The zero-order valence-corrected chi connectivity index (χ0v) is 11.3. The van der Waals surface area contributed by atoms with Crippen molar-refractivity contribution in [2.75, 3.05) is 31.1 Å². The molecule has 1 amide bonds. The van der Waals surface area contributed by atoms with Gasteiger partial charge in [-0.05, 0) is 23.6 Å². The fourth-order valence-corrected chi connectivity index (χ4v) is 2.88. The number of aromatic nitrogens is 1. The quantitative estimate of drug-likeness (QED) is 0.841. The molecular formula is C14H15N3OS. The Kier molecular flexibility index (Phi) is 3.46. The summed E-state index contributed by atoms with van der Waals surface area (Å²) in [5, 5.41) is 3.85. The van der Waals surface area contributed by atoms with Crippen molar-refractivity contribution in [2.45, 2.75) is 0 Å². The Morgan fingerprint density at radius 1 is 1.16 bits per heavy atom. The molecule has 1 aliphatic rings. The molecule has 0 unspecified atom stereocenters. The second-order valence-electron chi connectivity index (χ2n) is 4.48. The lowest BCUT2D eigenvalue weighted by molar-refractivity contribution is 0.0747. The molecule has 2 aromatic rings. The first-order valence-corrected chi connectivity index (χ1v) is 7.26. The summed E-state index contributed by atoms with van der Waals surface area (Å²) in [6.07, 6.45) is 1.80. The van der Waals surface area contributed by atoms with Gasteiger partial charge in [-0.1, -0.05) is 6.07 Å². The molecule has 0 spiro atoms. The minimum absolute atomic E-state index is 0.141. The zero-order valence-electron chi connectivity index (χ0n) is 10.5. The van der Waals surface area contributed by atoms with E-state index in [1.54, 1.807) is 17.5 Å². The van der Waals surface area contributed by atoms with E-state index in [0.717, 1.165) is 37.6 Å². The van der Waals surface area contributed by atoms with Crippen LogP contribution in [0.5, 0.6) is 0 Å². The van der Waals surface area contributed by atoms with Gasteiger partial charge in [-0.15, -0.1) is 0 Å². The van der Waals surface area contributed by atoms with Gasteiger partial charge in [0.15, 0.2) is 0 Å². The minimum atomic E-state index is 0.141. The van der Waals surface area contributed by atoms with Crippen molar-refractivity contribution >= 4 is 23.1 Å². The number of pyridine rings is 1. The van der Waals surface area contributed by atoms with Gasteiger partial charge >= 0.3 is 0 Å². The third-order valence-corrected chi connectivity index (χ3v) is 3.99. The molecule has 3 heterocycles. The molecule has 0 N–H and O–H groups in total. The number of carbonyl (C=O) groups is 1. The van der Waals surface area contributed by atoms with Crippen molar-refractivity contribution in [3.63, 3.8) is 0 Å². The number of carbonyl (C=O) groups excluding carboxylic acids is 1. The van der Waals surface area contributed by atoms with Crippen LogP contribution in [0.15, 0.2) is 41.2 Å². The molecule has 0 radical (unpaired) electrons. The molecule has 19 heavy (non-hydrogen) atoms. The highest BCUT2D eigenvalue weighted by atomic mass is 32.1. The number of amides is 1.